The molecule has 0 spiro atoms. The third kappa shape index (κ3) is 3.70. The lowest BCUT2D eigenvalue weighted by atomic mass is 10.2. The first-order chi connectivity index (χ1) is 10.9. The maximum Gasteiger partial charge on any atom is 0.453 e. The molecule has 124 valence electrons. The molecule has 1 aromatic carbocycles. The molecule has 0 aliphatic carbocycles. The van der Waals surface area contributed by atoms with Crippen molar-refractivity contribution >= 4 is 18.4 Å². The van der Waals surface area contributed by atoms with Crippen molar-refractivity contribution in [2.24, 2.45) is 5.10 Å². The Kier molecular flexibility index (Phi) is 5.04. The van der Waals surface area contributed by atoms with E-state index in [4.69, 9.17) is 21.7 Å². The van der Waals surface area contributed by atoms with Gasteiger partial charge in [-0.25, -0.2) is 5.10 Å². The van der Waals surface area contributed by atoms with Crippen LogP contribution in [0.1, 0.15) is 18.3 Å². The van der Waals surface area contributed by atoms with E-state index in [1.54, 1.807) is 25.1 Å². The van der Waals surface area contributed by atoms with Crippen LogP contribution >= 0.6 is 12.2 Å². The van der Waals surface area contributed by atoms with E-state index >= 15 is 0 Å². The van der Waals surface area contributed by atoms with Crippen molar-refractivity contribution in [1.29, 1.82) is 0 Å². The Bertz CT molecular complexity index is 767. The molecule has 1 aromatic heterocycles. The number of hydrogen-bond acceptors (Lipinski definition) is 5. The topological polar surface area (TPSA) is 64.4 Å². The smallest absolute Gasteiger partial charge is 0.453 e. The van der Waals surface area contributed by atoms with Gasteiger partial charge in [-0.1, -0.05) is 6.07 Å². The van der Waals surface area contributed by atoms with Gasteiger partial charge in [-0.3, -0.25) is 0 Å². The molecule has 0 aliphatic heterocycles. The minimum absolute atomic E-state index is 0.269. The highest BCUT2D eigenvalue weighted by molar-refractivity contribution is 7.71. The van der Waals surface area contributed by atoms with Crippen LogP contribution in [0.5, 0.6) is 11.5 Å². The van der Waals surface area contributed by atoms with Crippen LogP contribution in [0.2, 0.25) is 0 Å². The summed E-state index contributed by atoms with van der Waals surface area (Å²) in [5, 5.41) is 8.97. The maximum absolute atomic E-state index is 12.8. The summed E-state index contributed by atoms with van der Waals surface area (Å²) in [4.78, 5) is 0. The Hall–Kier alpha value is -2.36. The van der Waals surface area contributed by atoms with Crippen molar-refractivity contribution in [1.82, 2.24) is 14.9 Å². The van der Waals surface area contributed by atoms with E-state index in [-0.39, 0.29) is 4.77 Å². The molecular weight excluding hydrogens is 333 g/mol. The third-order valence-electron chi connectivity index (χ3n) is 2.73. The summed E-state index contributed by atoms with van der Waals surface area (Å²) in [6, 6.07) is 4.98. The molecule has 0 saturated heterocycles. The fraction of sp³-hybridized carbons (Fsp3) is 0.308. The molecule has 1 heterocycles. The highest BCUT2D eigenvalue weighted by Crippen LogP contribution is 2.30. The van der Waals surface area contributed by atoms with Gasteiger partial charge < -0.3 is 9.47 Å². The lowest BCUT2D eigenvalue weighted by Gasteiger charge is -2.11. The Morgan fingerprint density at radius 1 is 1.43 bits per heavy atom. The van der Waals surface area contributed by atoms with Gasteiger partial charge in [0.05, 0.1) is 19.9 Å². The highest BCUT2D eigenvalue weighted by atomic mass is 32.1. The first kappa shape index (κ1) is 17.0. The van der Waals surface area contributed by atoms with Gasteiger partial charge in [0.25, 0.3) is 5.82 Å². The second kappa shape index (κ2) is 6.82. The van der Waals surface area contributed by atoms with E-state index in [9.17, 15) is 13.2 Å². The summed E-state index contributed by atoms with van der Waals surface area (Å²) in [7, 11) is 1.46. The van der Waals surface area contributed by atoms with Crippen LogP contribution in [0.4, 0.5) is 13.2 Å². The van der Waals surface area contributed by atoms with E-state index in [2.05, 4.69) is 15.3 Å². The van der Waals surface area contributed by atoms with Crippen LogP contribution in [0.3, 0.4) is 0 Å². The van der Waals surface area contributed by atoms with E-state index in [1.165, 1.54) is 13.3 Å². The molecule has 0 atom stereocenters. The minimum atomic E-state index is -4.68. The molecule has 2 rings (SSSR count). The standard InChI is InChI=1S/C13H13F3N4O2S/c1-3-22-10-8(5-4-6-9(10)21-2)7-17-20-11(13(14,15)16)18-19-12(20)23/h4-7H,3H2,1-2H3,(H,19,23)/b17-7-. The average Bonchev–Trinajstić information content (AvgIpc) is 2.87. The van der Waals surface area contributed by atoms with Crippen molar-refractivity contribution in [3.05, 3.63) is 34.4 Å². The second-order valence-electron chi connectivity index (χ2n) is 4.22. The first-order valence-corrected chi connectivity index (χ1v) is 6.88. The number of halogens is 3. The Morgan fingerprint density at radius 2 is 2.17 bits per heavy atom. The number of nitrogens with zero attached hydrogens (tertiary/aromatic N) is 3. The van der Waals surface area contributed by atoms with E-state index in [0.717, 1.165) is 0 Å². The van der Waals surface area contributed by atoms with Gasteiger partial charge in [-0.2, -0.15) is 22.9 Å². The van der Waals surface area contributed by atoms with Crippen LogP contribution < -0.4 is 9.47 Å². The van der Waals surface area contributed by atoms with Gasteiger partial charge in [-0.05, 0) is 31.3 Å². The molecule has 0 aliphatic rings. The second-order valence-corrected chi connectivity index (χ2v) is 4.60. The zero-order valence-electron chi connectivity index (χ0n) is 12.2. The molecule has 6 nitrogen and oxygen atoms in total. The Balaban J connectivity index is 2.46. The SMILES string of the molecule is CCOc1c(/C=N\n2c(C(F)(F)F)n[nH]c2=S)cccc1OC. The number of para-hydroxylation sites is 1. The fourth-order valence-corrected chi connectivity index (χ4v) is 1.98. The van der Waals surface area contributed by atoms with Gasteiger partial charge in [-0.15, -0.1) is 5.10 Å². The maximum atomic E-state index is 12.8. The number of aromatic amines is 1. The highest BCUT2D eigenvalue weighted by Gasteiger charge is 2.37. The molecule has 1 N–H and O–H groups in total. The summed E-state index contributed by atoms with van der Waals surface area (Å²) in [5.74, 6) is -0.410. The predicted molar refractivity (Wildman–Crippen MR) is 79.6 cm³/mol. The van der Waals surface area contributed by atoms with Crippen molar-refractivity contribution in [3.63, 3.8) is 0 Å². The van der Waals surface area contributed by atoms with Gasteiger partial charge in [0.1, 0.15) is 0 Å². The fourth-order valence-electron chi connectivity index (χ4n) is 1.80. The lowest BCUT2D eigenvalue weighted by molar-refractivity contribution is -0.147. The zero-order valence-corrected chi connectivity index (χ0v) is 13.0. The molecule has 0 unspecified atom stereocenters. The Labute approximate surface area is 134 Å². The number of ether oxygens (including phenoxy) is 2. The first-order valence-electron chi connectivity index (χ1n) is 6.47. The lowest BCUT2D eigenvalue weighted by Crippen LogP contribution is -2.13. The largest absolute Gasteiger partial charge is 0.493 e. The molecule has 23 heavy (non-hydrogen) atoms. The molecule has 2 aromatic rings. The summed E-state index contributed by atoms with van der Waals surface area (Å²) < 4.78 is 49.4. The molecule has 10 heteroatoms. The van der Waals surface area contributed by atoms with Gasteiger partial charge in [0.2, 0.25) is 4.77 Å². The van der Waals surface area contributed by atoms with Crippen LogP contribution in [-0.4, -0.2) is 34.8 Å². The predicted octanol–water partition coefficient (Wildman–Crippen LogP) is 3.25. The van der Waals surface area contributed by atoms with Crippen molar-refractivity contribution < 1.29 is 22.6 Å². The number of hydrogen-bond donors (Lipinski definition) is 1. The number of alkyl halides is 3. The van der Waals surface area contributed by atoms with Crippen molar-refractivity contribution in [3.8, 4) is 11.5 Å². The summed E-state index contributed by atoms with van der Waals surface area (Å²) in [6.45, 7) is 2.14. The van der Waals surface area contributed by atoms with Crippen LogP contribution in [-0.2, 0) is 6.18 Å². The number of methoxy groups -OCH3 is 1. The Morgan fingerprint density at radius 3 is 2.78 bits per heavy atom. The van der Waals surface area contributed by atoms with Crippen LogP contribution in [0.15, 0.2) is 23.3 Å². The van der Waals surface area contributed by atoms with Crippen LogP contribution in [0.25, 0.3) is 0 Å². The van der Waals surface area contributed by atoms with Gasteiger partial charge in [0, 0.05) is 5.56 Å². The number of H-pyrrole nitrogens is 1. The molecule has 0 bridgehead atoms. The summed E-state index contributed by atoms with van der Waals surface area (Å²) >= 11 is 4.77. The molecule has 0 saturated carbocycles. The normalized spacial score (nSPS) is 11.9. The zero-order chi connectivity index (χ0) is 17.0. The van der Waals surface area contributed by atoms with Crippen LogP contribution in [0, 0.1) is 4.77 Å². The number of nitrogens with one attached hydrogen (secondary N) is 1. The van der Waals surface area contributed by atoms with Crippen molar-refractivity contribution in [2.75, 3.05) is 13.7 Å². The monoisotopic (exact) mass is 346 g/mol. The number of benzene rings is 1. The molecule has 0 amide bonds. The third-order valence-corrected chi connectivity index (χ3v) is 3.00. The van der Waals surface area contributed by atoms with Gasteiger partial charge >= 0.3 is 6.18 Å². The summed E-state index contributed by atoms with van der Waals surface area (Å²) in [5.41, 5.74) is 0.447. The average molecular weight is 346 g/mol. The van der Waals surface area contributed by atoms with Crippen molar-refractivity contribution in [2.45, 2.75) is 13.1 Å². The molecular formula is C13H13F3N4O2S. The number of aromatic nitrogens is 3. The van der Waals surface area contributed by atoms with Gasteiger partial charge in [0.15, 0.2) is 11.5 Å². The van der Waals surface area contributed by atoms with E-state index < -0.39 is 12.0 Å². The minimum Gasteiger partial charge on any atom is -0.493 e. The number of rotatable bonds is 5. The molecule has 0 radical (unpaired) electrons. The quantitative estimate of drug-likeness (QED) is 0.667. The van der Waals surface area contributed by atoms with E-state index in [0.29, 0.717) is 28.3 Å². The van der Waals surface area contributed by atoms with E-state index in [1.807, 2.05) is 0 Å². The molecule has 0 fully saturated rings. The summed E-state index contributed by atoms with van der Waals surface area (Å²) in [6.07, 6.45) is -3.48.